The summed E-state index contributed by atoms with van der Waals surface area (Å²) in [7, 11) is 0. The van der Waals surface area contributed by atoms with Gasteiger partial charge in [-0.3, -0.25) is 9.59 Å². The maximum Gasteiger partial charge on any atom is 0.334 e. The van der Waals surface area contributed by atoms with Gasteiger partial charge in [0.15, 0.2) is 11.9 Å². The fraction of sp³-hybridized carbons (Fsp3) is 0.111. The van der Waals surface area contributed by atoms with Crippen LogP contribution in [-0.2, 0) is 14.3 Å². The molecule has 4 aromatic rings. The lowest BCUT2D eigenvalue weighted by Crippen LogP contribution is -2.37. The van der Waals surface area contributed by atoms with Crippen LogP contribution in [0.2, 0.25) is 0 Å². The molecule has 2 N–H and O–H groups in total. The molecule has 176 valence electrons. The largest absolute Gasteiger partial charge is 0.445 e. The second-order valence-corrected chi connectivity index (χ2v) is 7.72. The van der Waals surface area contributed by atoms with Crippen LogP contribution in [0.5, 0.6) is 0 Å². The van der Waals surface area contributed by atoms with E-state index in [0.717, 1.165) is 0 Å². The van der Waals surface area contributed by atoms with Gasteiger partial charge in [0.2, 0.25) is 6.10 Å². The predicted molar refractivity (Wildman–Crippen MR) is 128 cm³/mol. The lowest BCUT2D eigenvalue weighted by molar-refractivity contribution is -0.156. The Bertz CT molecular complexity index is 1290. The van der Waals surface area contributed by atoms with Gasteiger partial charge in [-0.25, -0.2) is 4.79 Å². The summed E-state index contributed by atoms with van der Waals surface area (Å²) in [5.41, 5.74) is 1.36. The fourth-order valence-corrected chi connectivity index (χ4v) is 3.43. The Hall–Kier alpha value is -4.72. The smallest absolute Gasteiger partial charge is 0.334 e. The lowest BCUT2D eigenvalue weighted by atomic mass is 10.1. The number of amides is 2. The summed E-state index contributed by atoms with van der Waals surface area (Å²) in [6.45, 7) is 1.69. The second kappa shape index (κ2) is 10.9. The summed E-state index contributed by atoms with van der Waals surface area (Å²) in [4.78, 5) is 39.4. The summed E-state index contributed by atoms with van der Waals surface area (Å²) in [5.74, 6) is -1.14. The van der Waals surface area contributed by atoms with Crippen LogP contribution in [-0.4, -0.2) is 22.9 Å². The molecule has 0 radical (unpaired) electrons. The number of rotatable bonds is 8. The number of hydrogen-bond donors (Lipinski definition) is 2. The number of nitrogens with one attached hydrogen (secondary N) is 2. The molecule has 0 aliphatic heterocycles. The molecule has 2 unspecified atom stereocenters. The zero-order valence-electron chi connectivity index (χ0n) is 18.9. The Balaban J connectivity index is 1.60. The molecule has 8 nitrogen and oxygen atoms in total. The minimum Gasteiger partial charge on any atom is -0.445 e. The molecule has 8 heteroatoms. The maximum atomic E-state index is 13.4. The molecule has 0 aliphatic rings. The van der Waals surface area contributed by atoms with Crippen LogP contribution in [0.4, 0.5) is 5.82 Å². The van der Waals surface area contributed by atoms with Gasteiger partial charge in [-0.05, 0) is 24.6 Å². The number of aromatic nitrogens is 1. The molecule has 4 rings (SSSR count). The van der Waals surface area contributed by atoms with Crippen LogP contribution in [0.3, 0.4) is 0 Å². The lowest BCUT2D eigenvalue weighted by Gasteiger charge is -2.22. The van der Waals surface area contributed by atoms with Crippen molar-refractivity contribution >= 4 is 23.6 Å². The van der Waals surface area contributed by atoms with E-state index in [1.54, 1.807) is 104 Å². The van der Waals surface area contributed by atoms with Gasteiger partial charge in [0, 0.05) is 17.2 Å². The van der Waals surface area contributed by atoms with Crippen LogP contribution in [0.1, 0.15) is 39.4 Å². The minimum absolute atomic E-state index is 0.196. The van der Waals surface area contributed by atoms with Gasteiger partial charge in [0.25, 0.3) is 11.8 Å². The molecule has 0 fully saturated rings. The van der Waals surface area contributed by atoms with Crippen molar-refractivity contribution in [1.29, 1.82) is 0 Å². The molecule has 35 heavy (non-hydrogen) atoms. The van der Waals surface area contributed by atoms with Crippen LogP contribution in [0.25, 0.3) is 0 Å². The van der Waals surface area contributed by atoms with Gasteiger partial charge in [0.1, 0.15) is 5.76 Å². The average Bonchev–Trinajstić information content (AvgIpc) is 3.31. The summed E-state index contributed by atoms with van der Waals surface area (Å²) in [6.07, 6.45) is -1.29. The van der Waals surface area contributed by atoms with Crippen molar-refractivity contribution < 1.29 is 23.6 Å². The second-order valence-electron chi connectivity index (χ2n) is 7.72. The van der Waals surface area contributed by atoms with E-state index in [0.29, 0.717) is 22.5 Å². The highest BCUT2D eigenvalue weighted by Gasteiger charge is 2.31. The number of nitrogens with zero attached hydrogens (tertiary/aromatic N) is 1. The van der Waals surface area contributed by atoms with E-state index >= 15 is 0 Å². The molecule has 0 spiro atoms. The van der Waals surface area contributed by atoms with E-state index in [-0.39, 0.29) is 5.82 Å². The van der Waals surface area contributed by atoms with Crippen LogP contribution in [0.15, 0.2) is 102 Å². The van der Waals surface area contributed by atoms with Crippen molar-refractivity contribution in [2.45, 2.75) is 19.1 Å². The molecule has 3 aromatic carbocycles. The highest BCUT2D eigenvalue weighted by molar-refractivity contribution is 5.98. The monoisotopic (exact) mass is 469 g/mol. The molecule has 2 atom stereocenters. The van der Waals surface area contributed by atoms with Gasteiger partial charge in [0.05, 0.1) is 0 Å². The third kappa shape index (κ3) is 6.00. The van der Waals surface area contributed by atoms with Gasteiger partial charge in [-0.1, -0.05) is 84.0 Å². The van der Waals surface area contributed by atoms with Crippen molar-refractivity contribution in [1.82, 2.24) is 10.5 Å². The Morgan fingerprint density at radius 2 is 1.40 bits per heavy atom. The summed E-state index contributed by atoms with van der Waals surface area (Å²) < 4.78 is 10.7. The zero-order valence-corrected chi connectivity index (χ0v) is 18.9. The van der Waals surface area contributed by atoms with Gasteiger partial charge in [-0.2, -0.15) is 0 Å². The third-order valence-corrected chi connectivity index (χ3v) is 5.13. The van der Waals surface area contributed by atoms with Gasteiger partial charge < -0.3 is 19.9 Å². The highest BCUT2D eigenvalue weighted by atomic mass is 16.5. The highest BCUT2D eigenvalue weighted by Crippen LogP contribution is 2.24. The normalized spacial score (nSPS) is 12.3. The minimum atomic E-state index is -1.29. The number of ether oxygens (including phenoxy) is 1. The first-order chi connectivity index (χ1) is 17.0. The number of benzene rings is 3. The topological polar surface area (TPSA) is 111 Å². The van der Waals surface area contributed by atoms with E-state index in [1.807, 2.05) is 0 Å². The fourth-order valence-electron chi connectivity index (χ4n) is 3.43. The average molecular weight is 469 g/mol. The van der Waals surface area contributed by atoms with E-state index < -0.39 is 29.9 Å². The predicted octanol–water partition coefficient (Wildman–Crippen LogP) is 4.38. The summed E-state index contributed by atoms with van der Waals surface area (Å²) in [6, 6.07) is 26.2. The van der Waals surface area contributed by atoms with E-state index in [1.165, 1.54) is 0 Å². The first kappa shape index (κ1) is 23.4. The molecule has 0 bridgehead atoms. The van der Waals surface area contributed by atoms with E-state index in [2.05, 4.69) is 15.8 Å². The first-order valence-corrected chi connectivity index (χ1v) is 10.9. The van der Waals surface area contributed by atoms with Crippen LogP contribution < -0.4 is 10.6 Å². The Morgan fingerprint density at radius 1 is 0.829 bits per heavy atom. The standard InChI is InChI=1S/C27H23N3O5/c1-18-17-22(30-35-18)28-26(32)24(20-13-7-3-8-14-20)34-27(33)23(19-11-5-2-6-12-19)29-25(31)21-15-9-4-10-16-21/h2-17,23-24H,1H3,(H,29,31)(H,28,30,32). The van der Waals surface area contributed by atoms with Crippen LogP contribution in [0, 0.1) is 6.92 Å². The van der Waals surface area contributed by atoms with Crippen molar-refractivity contribution in [3.63, 3.8) is 0 Å². The molecule has 1 heterocycles. The number of aryl methyl sites for hydroxylation is 1. The van der Waals surface area contributed by atoms with Crippen LogP contribution >= 0.6 is 0 Å². The zero-order chi connectivity index (χ0) is 24.6. The number of esters is 1. The molecule has 0 aliphatic carbocycles. The number of carbonyl (C=O) groups is 3. The summed E-state index contributed by atoms with van der Waals surface area (Å²) >= 11 is 0. The number of anilines is 1. The first-order valence-electron chi connectivity index (χ1n) is 10.9. The molecule has 0 saturated carbocycles. The van der Waals surface area contributed by atoms with Gasteiger partial charge >= 0.3 is 5.97 Å². The van der Waals surface area contributed by atoms with E-state index in [4.69, 9.17) is 9.26 Å². The maximum absolute atomic E-state index is 13.4. The Labute approximate surface area is 201 Å². The molecular weight excluding hydrogens is 446 g/mol. The van der Waals surface area contributed by atoms with E-state index in [9.17, 15) is 14.4 Å². The Kier molecular flexibility index (Phi) is 7.32. The quantitative estimate of drug-likeness (QED) is 0.371. The number of hydrogen-bond acceptors (Lipinski definition) is 6. The summed E-state index contributed by atoms with van der Waals surface area (Å²) in [5, 5.41) is 9.09. The molecule has 0 saturated heterocycles. The third-order valence-electron chi connectivity index (χ3n) is 5.13. The SMILES string of the molecule is Cc1cc(NC(=O)C(OC(=O)C(NC(=O)c2ccccc2)c2ccccc2)c2ccccc2)no1. The van der Waals surface area contributed by atoms with Crippen molar-refractivity contribution in [2.24, 2.45) is 0 Å². The molecular formula is C27H23N3O5. The molecule has 1 aromatic heterocycles. The Morgan fingerprint density at radius 3 is 1.97 bits per heavy atom. The number of carbonyl (C=O) groups excluding carboxylic acids is 3. The van der Waals surface area contributed by atoms with Gasteiger partial charge in [-0.15, -0.1) is 0 Å². The van der Waals surface area contributed by atoms with Crippen molar-refractivity contribution in [2.75, 3.05) is 5.32 Å². The molecule has 2 amide bonds. The van der Waals surface area contributed by atoms with Crippen molar-refractivity contribution in [3.05, 3.63) is 120 Å². The van der Waals surface area contributed by atoms with Crippen molar-refractivity contribution in [3.8, 4) is 0 Å².